The Morgan fingerprint density at radius 2 is 1.70 bits per heavy atom. The largest absolute Gasteiger partial charge is 0.481 e. The summed E-state index contributed by atoms with van der Waals surface area (Å²) in [4.78, 5) is 36.7. The number of hydrogen-bond donors (Lipinski definition) is 1. The maximum atomic E-state index is 12.3. The molecule has 112 valence electrons. The van der Waals surface area contributed by atoms with Gasteiger partial charge in [0.15, 0.2) is 0 Å². The minimum atomic E-state index is -0.849. The number of amides is 1. The number of hydrogen-bond acceptors (Lipinski definition) is 4. The fourth-order valence-electron chi connectivity index (χ4n) is 3.07. The van der Waals surface area contributed by atoms with E-state index < -0.39 is 23.6 Å². The van der Waals surface area contributed by atoms with Crippen LogP contribution in [0.5, 0.6) is 0 Å². The summed E-state index contributed by atoms with van der Waals surface area (Å²) in [6.45, 7) is 5.36. The predicted molar refractivity (Wildman–Crippen MR) is 70.2 cm³/mol. The van der Waals surface area contributed by atoms with Crippen LogP contribution in [-0.2, 0) is 14.3 Å². The van der Waals surface area contributed by atoms with Crippen molar-refractivity contribution in [2.75, 3.05) is 0 Å². The predicted octanol–water partition coefficient (Wildman–Crippen LogP) is 1.82. The van der Waals surface area contributed by atoms with Crippen LogP contribution in [0.3, 0.4) is 0 Å². The number of ketones is 1. The normalized spacial score (nSPS) is 30.1. The fourth-order valence-corrected chi connectivity index (χ4v) is 3.07. The number of Topliss-reactive ketones (excluding diaryl/α,β-unsaturated/α-hetero) is 1. The molecule has 0 spiro atoms. The van der Waals surface area contributed by atoms with Crippen molar-refractivity contribution in [3.8, 4) is 0 Å². The Labute approximate surface area is 118 Å². The molecule has 2 rings (SSSR count). The van der Waals surface area contributed by atoms with E-state index in [1.165, 1.54) is 0 Å². The summed E-state index contributed by atoms with van der Waals surface area (Å²) in [5, 5.41) is 9.15. The molecule has 0 aliphatic carbocycles. The lowest BCUT2D eigenvalue weighted by atomic mass is 9.78. The summed E-state index contributed by atoms with van der Waals surface area (Å²) in [5.74, 6) is -1.22. The number of carboxylic acid groups (broad SMARTS) is 1. The third kappa shape index (κ3) is 3.11. The lowest BCUT2D eigenvalue weighted by molar-refractivity contribution is -0.148. The molecule has 2 atom stereocenters. The van der Waals surface area contributed by atoms with Gasteiger partial charge in [-0.1, -0.05) is 0 Å². The number of ether oxygens (including phenoxy) is 1. The Kier molecular flexibility index (Phi) is 3.75. The highest BCUT2D eigenvalue weighted by molar-refractivity contribution is 5.84. The first-order chi connectivity index (χ1) is 9.17. The molecule has 0 aromatic carbocycles. The SMILES string of the molecule is CC(C)(C)OC(=O)N1C2CC(=O)CC1CC(C(=O)O)C2. The number of fused-ring (bicyclic) bond motifs is 2. The lowest BCUT2D eigenvalue weighted by Crippen LogP contribution is -2.58. The topological polar surface area (TPSA) is 83.9 Å². The highest BCUT2D eigenvalue weighted by Gasteiger charge is 2.46. The third-order valence-electron chi connectivity index (χ3n) is 3.78. The van der Waals surface area contributed by atoms with Crippen molar-refractivity contribution in [3.63, 3.8) is 0 Å². The van der Waals surface area contributed by atoms with E-state index in [9.17, 15) is 14.4 Å². The number of aliphatic carboxylic acids is 1. The average Bonchev–Trinajstić information content (AvgIpc) is 2.23. The van der Waals surface area contributed by atoms with E-state index in [0.717, 1.165) is 0 Å². The zero-order valence-corrected chi connectivity index (χ0v) is 12.1. The molecule has 1 amide bonds. The van der Waals surface area contributed by atoms with Crippen molar-refractivity contribution >= 4 is 17.8 Å². The molecule has 0 aromatic rings. The molecule has 6 nitrogen and oxygen atoms in total. The molecule has 20 heavy (non-hydrogen) atoms. The summed E-state index contributed by atoms with van der Waals surface area (Å²) in [6, 6.07) is -0.683. The van der Waals surface area contributed by atoms with E-state index in [1.54, 1.807) is 25.7 Å². The molecule has 2 heterocycles. The Hall–Kier alpha value is -1.59. The molecule has 6 heteroatoms. The van der Waals surface area contributed by atoms with Crippen molar-refractivity contribution < 1.29 is 24.2 Å². The van der Waals surface area contributed by atoms with Crippen molar-refractivity contribution in [2.45, 2.75) is 64.1 Å². The van der Waals surface area contributed by atoms with Crippen LogP contribution in [0.1, 0.15) is 46.5 Å². The summed E-state index contributed by atoms with van der Waals surface area (Å²) < 4.78 is 5.37. The summed E-state index contributed by atoms with van der Waals surface area (Å²) in [7, 11) is 0. The number of carboxylic acids is 1. The molecule has 2 bridgehead atoms. The number of piperidine rings is 2. The van der Waals surface area contributed by atoms with Gasteiger partial charge in [-0.15, -0.1) is 0 Å². The molecule has 2 saturated heterocycles. The van der Waals surface area contributed by atoms with E-state index in [2.05, 4.69) is 0 Å². The summed E-state index contributed by atoms with van der Waals surface area (Å²) in [5.41, 5.74) is -0.598. The van der Waals surface area contributed by atoms with Crippen LogP contribution in [-0.4, -0.2) is 45.5 Å². The van der Waals surface area contributed by atoms with Gasteiger partial charge < -0.3 is 14.7 Å². The van der Waals surface area contributed by atoms with Gasteiger partial charge in [-0.05, 0) is 33.6 Å². The van der Waals surface area contributed by atoms with Crippen LogP contribution in [0.15, 0.2) is 0 Å². The van der Waals surface area contributed by atoms with Crippen molar-refractivity contribution in [1.82, 2.24) is 4.90 Å². The zero-order chi connectivity index (χ0) is 15.1. The maximum Gasteiger partial charge on any atom is 0.410 e. The van der Waals surface area contributed by atoms with Crippen LogP contribution < -0.4 is 0 Å². The second-order valence-electron chi connectivity index (χ2n) is 6.65. The molecule has 0 aromatic heterocycles. The fraction of sp³-hybridized carbons (Fsp3) is 0.786. The maximum absolute atomic E-state index is 12.3. The number of rotatable bonds is 1. The second kappa shape index (κ2) is 5.07. The second-order valence-corrected chi connectivity index (χ2v) is 6.65. The zero-order valence-electron chi connectivity index (χ0n) is 12.1. The van der Waals surface area contributed by atoms with Crippen molar-refractivity contribution in [2.24, 2.45) is 5.92 Å². The molecule has 2 fully saturated rings. The van der Waals surface area contributed by atoms with Crippen molar-refractivity contribution in [3.05, 3.63) is 0 Å². The van der Waals surface area contributed by atoms with E-state index in [4.69, 9.17) is 9.84 Å². The van der Waals surface area contributed by atoms with Crippen LogP contribution in [0.4, 0.5) is 4.79 Å². The summed E-state index contributed by atoms with van der Waals surface area (Å²) >= 11 is 0. The monoisotopic (exact) mass is 283 g/mol. The minimum absolute atomic E-state index is 0.101. The van der Waals surface area contributed by atoms with Crippen LogP contribution in [0.2, 0.25) is 0 Å². The molecule has 0 saturated carbocycles. The summed E-state index contributed by atoms with van der Waals surface area (Å²) in [6.07, 6.45) is 0.691. The van der Waals surface area contributed by atoms with Gasteiger partial charge in [0.25, 0.3) is 0 Å². The quantitative estimate of drug-likeness (QED) is 0.793. The molecule has 2 unspecified atom stereocenters. The number of carbonyl (C=O) groups excluding carboxylic acids is 2. The van der Waals surface area contributed by atoms with E-state index in [-0.39, 0.29) is 30.7 Å². The van der Waals surface area contributed by atoms with E-state index in [1.807, 2.05) is 0 Å². The minimum Gasteiger partial charge on any atom is -0.481 e. The van der Waals surface area contributed by atoms with E-state index >= 15 is 0 Å². The lowest BCUT2D eigenvalue weighted by Gasteiger charge is -2.47. The van der Waals surface area contributed by atoms with Crippen LogP contribution >= 0.6 is 0 Å². The third-order valence-corrected chi connectivity index (χ3v) is 3.78. The molecular weight excluding hydrogens is 262 g/mol. The van der Waals surface area contributed by atoms with Gasteiger partial charge in [0, 0.05) is 24.9 Å². The highest BCUT2D eigenvalue weighted by Crippen LogP contribution is 2.36. The van der Waals surface area contributed by atoms with Crippen LogP contribution in [0, 0.1) is 5.92 Å². The number of nitrogens with zero attached hydrogens (tertiary/aromatic N) is 1. The van der Waals surface area contributed by atoms with Gasteiger partial charge in [-0.25, -0.2) is 4.79 Å². The standard InChI is InChI=1S/C14H21NO5/c1-14(2,3)20-13(19)15-9-4-8(12(17)18)5-10(15)7-11(16)6-9/h8-10H,4-7H2,1-3H3,(H,17,18). The smallest absolute Gasteiger partial charge is 0.410 e. The Bertz CT molecular complexity index is 421. The van der Waals surface area contributed by atoms with Gasteiger partial charge in [-0.2, -0.15) is 0 Å². The molecular formula is C14H21NO5. The average molecular weight is 283 g/mol. The van der Waals surface area contributed by atoms with Gasteiger partial charge in [0.05, 0.1) is 5.92 Å². The Balaban J connectivity index is 2.16. The molecule has 2 aliphatic rings. The van der Waals surface area contributed by atoms with Gasteiger partial charge >= 0.3 is 12.1 Å². The molecule has 0 radical (unpaired) electrons. The van der Waals surface area contributed by atoms with Gasteiger partial charge in [0.1, 0.15) is 11.4 Å². The van der Waals surface area contributed by atoms with Crippen LogP contribution in [0.25, 0.3) is 0 Å². The van der Waals surface area contributed by atoms with Crippen molar-refractivity contribution in [1.29, 1.82) is 0 Å². The molecule has 2 aliphatic heterocycles. The first kappa shape index (κ1) is 14.8. The molecule has 1 N–H and O–H groups in total. The Morgan fingerprint density at radius 1 is 1.20 bits per heavy atom. The highest BCUT2D eigenvalue weighted by atomic mass is 16.6. The first-order valence-electron chi connectivity index (χ1n) is 6.93. The number of carbonyl (C=O) groups is 3. The van der Waals surface area contributed by atoms with Gasteiger partial charge in [-0.3, -0.25) is 9.59 Å². The van der Waals surface area contributed by atoms with Gasteiger partial charge in [0.2, 0.25) is 0 Å². The Morgan fingerprint density at radius 3 is 2.10 bits per heavy atom. The first-order valence-corrected chi connectivity index (χ1v) is 6.93. The van der Waals surface area contributed by atoms with E-state index in [0.29, 0.717) is 12.8 Å².